The highest BCUT2D eigenvalue weighted by Gasteiger charge is 2.05. The van der Waals surface area contributed by atoms with Crippen LogP contribution < -0.4 is 14.8 Å². The molecule has 0 saturated carbocycles. The highest BCUT2D eigenvalue weighted by atomic mass is 16.5. The fourth-order valence-electron chi connectivity index (χ4n) is 2.03. The standard InChI is InChI=1S/C19H23NO3/c1-4-10-22-17-7-5-6-16(12-17)20-19(21)13-23-18-9-8-14(2)15(3)11-18/h5-9,11-12H,4,10,13H2,1-3H3,(H,20,21). The van der Waals surface area contributed by atoms with E-state index in [9.17, 15) is 4.79 Å². The first kappa shape index (κ1) is 16.9. The Balaban J connectivity index is 1.88. The Morgan fingerprint density at radius 3 is 2.52 bits per heavy atom. The van der Waals surface area contributed by atoms with E-state index in [4.69, 9.17) is 9.47 Å². The van der Waals surface area contributed by atoms with E-state index in [1.165, 1.54) is 5.56 Å². The van der Waals surface area contributed by atoms with Gasteiger partial charge in [-0.1, -0.05) is 19.1 Å². The van der Waals surface area contributed by atoms with Gasteiger partial charge in [-0.15, -0.1) is 0 Å². The molecule has 0 heterocycles. The summed E-state index contributed by atoms with van der Waals surface area (Å²) in [5, 5.41) is 2.81. The largest absolute Gasteiger partial charge is 0.494 e. The van der Waals surface area contributed by atoms with Crippen LogP contribution in [0, 0.1) is 13.8 Å². The van der Waals surface area contributed by atoms with Gasteiger partial charge in [0, 0.05) is 11.8 Å². The van der Waals surface area contributed by atoms with Gasteiger partial charge in [-0.25, -0.2) is 0 Å². The fraction of sp³-hybridized carbons (Fsp3) is 0.316. The van der Waals surface area contributed by atoms with Crippen molar-refractivity contribution in [2.45, 2.75) is 27.2 Å². The molecule has 0 aromatic heterocycles. The van der Waals surface area contributed by atoms with Crippen LogP contribution in [0.4, 0.5) is 5.69 Å². The smallest absolute Gasteiger partial charge is 0.262 e. The molecule has 2 aromatic carbocycles. The third-order valence-electron chi connectivity index (χ3n) is 3.44. The first-order chi connectivity index (χ1) is 11.1. The van der Waals surface area contributed by atoms with E-state index in [1.807, 2.05) is 56.3 Å². The van der Waals surface area contributed by atoms with Gasteiger partial charge in [0.25, 0.3) is 5.91 Å². The van der Waals surface area contributed by atoms with Gasteiger partial charge in [0.2, 0.25) is 0 Å². The molecule has 2 rings (SSSR count). The molecule has 1 amide bonds. The lowest BCUT2D eigenvalue weighted by Gasteiger charge is -2.10. The van der Waals surface area contributed by atoms with E-state index in [2.05, 4.69) is 12.2 Å². The van der Waals surface area contributed by atoms with Gasteiger partial charge in [-0.05, 0) is 55.7 Å². The van der Waals surface area contributed by atoms with Crippen molar-refractivity contribution in [3.8, 4) is 11.5 Å². The molecule has 0 unspecified atom stereocenters. The molecule has 4 nitrogen and oxygen atoms in total. The Hall–Kier alpha value is -2.49. The first-order valence-electron chi connectivity index (χ1n) is 7.81. The predicted octanol–water partition coefficient (Wildman–Crippen LogP) is 4.11. The second kappa shape index (κ2) is 8.22. The lowest BCUT2D eigenvalue weighted by atomic mass is 10.1. The van der Waals surface area contributed by atoms with Crippen LogP contribution in [0.2, 0.25) is 0 Å². The molecule has 0 spiro atoms. The molecule has 0 aliphatic carbocycles. The molecule has 0 bridgehead atoms. The molecule has 1 N–H and O–H groups in total. The maximum atomic E-state index is 12.0. The lowest BCUT2D eigenvalue weighted by molar-refractivity contribution is -0.118. The van der Waals surface area contributed by atoms with Crippen LogP contribution in [-0.4, -0.2) is 19.1 Å². The number of anilines is 1. The quantitative estimate of drug-likeness (QED) is 0.837. The molecule has 122 valence electrons. The monoisotopic (exact) mass is 313 g/mol. The minimum absolute atomic E-state index is 0.0253. The summed E-state index contributed by atoms with van der Waals surface area (Å²) < 4.78 is 11.1. The summed E-state index contributed by atoms with van der Waals surface area (Å²) in [6.07, 6.45) is 0.945. The van der Waals surface area contributed by atoms with Crippen molar-refractivity contribution in [3.63, 3.8) is 0 Å². The van der Waals surface area contributed by atoms with Gasteiger partial charge in [0.1, 0.15) is 11.5 Å². The van der Waals surface area contributed by atoms with Gasteiger partial charge in [-0.3, -0.25) is 4.79 Å². The summed E-state index contributed by atoms with van der Waals surface area (Å²) in [7, 11) is 0. The maximum absolute atomic E-state index is 12.0. The van der Waals surface area contributed by atoms with Crippen molar-refractivity contribution in [2.75, 3.05) is 18.5 Å². The van der Waals surface area contributed by atoms with Crippen molar-refractivity contribution >= 4 is 11.6 Å². The first-order valence-corrected chi connectivity index (χ1v) is 7.81. The highest BCUT2D eigenvalue weighted by Crippen LogP contribution is 2.18. The maximum Gasteiger partial charge on any atom is 0.262 e. The van der Waals surface area contributed by atoms with Crippen LogP contribution >= 0.6 is 0 Å². The highest BCUT2D eigenvalue weighted by molar-refractivity contribution is 5.92. The summed E-state index contributed by atoms with van der Waals surface area (Å²) in [4.78, 5) is 12.0. The van der Waals surface area contributed by atoms with E-state index in [1.54, 1.807) is 0 Å². The number of hydrogen-bond donors (Lipinski definition) is 1. The van der Waals surface area contributed by atoms with E-state index in [-0.39, 0.29) is 12.5 Å². The van der Waals surface area contributed by atoms with Crippen molar-refractivity contribution < 1.29 is 14.3 Å². The second-order valence-corrected chi connectivity index (χ2v) is 5.46. The Morgan fingerprint density at radius 2 is 1.78 bits per heavy atom. The van der Waals surface area contributed by atoms with E-state index >= 15 is 0 Å². The van der Waals surface area contributed by atoms with Crippen LogP contribution in [0.25, 0.3) is 0 Å². The molecule has 4 heteroatoms. The van der Waals surface area contributed by atoms with Crippen LogP contribution in [0.5, 0.6) is 11.5 Å². The van der Waals surface area contributed by atoms with Crippen LogP contribution in [-0.2, 0) is 4.79 Å². The lowest BCUT2D eigenvalue weighted by Crippen LogP contribution is -2.20. The Bertz CT molecular complexity index is 667. The molecule has 0 saturated heterocycles. The number of nitrogens with one attached hydrogen (secondary N) is 1. The zero-order valence-electron chi connectivity index (χ0n) is 13.9. The molecular weight excluding hydrogens is 290 g/mol. The molecule has 23 heavy (non-hydrogen) atoms. The van der Waals surface area contributed by atoms with E-state index < -0.39 is 0 Å². The number of benzene rings is 2. The Kier molecular flexibility index (Phi) is 6.03. The van der Waals surface area contributed by atoms with Gasteiger partial charge in [0.05, 0.1) is 6.61 Å². The third kappa shape index (κ3) is 5.33. The minimum atomic E-state index is -0.198. The molecule has 0 atom stereocenters. The van der Waals surface area contributed by atoms with Gasteiger partial charge in [0.15, 0.2) is 6.61 Å². The molecule has 0 fully saturated rings. The second-order valence-electron chi connectivity index (χ2n) is 5.46. The van der Waals surface area contributed by atoms with Crippen LogP contribution in [0.1, 0.15) is 24.5 Å². The number of rotatable bonds is 7. The molecular formula is C19H23NO3. The van der Waals surface area contributed by atoms with Crippen LogP contribution in [0.3, 0.4) is 0 Å². The summed E-state index contributed by atoms with van der Waals surface area (Å²) in [5.74, 6) is 1.25. The van der Waals surface area contributed by atoms with E-state index in [0.717, 1.165) is 17.7 Å². The third-order valence-corrected chi connectivity index (χ3v) is 3.44. The topological polar surface area (TPSA) is 47.6 Å². The summed E-state index contributed by atoms with van der Waals surface area (Å²) in [5.41, 5.74) is 3.04. The minimum Gasteiger partial charge on any atom is -0.494 e. The predicted molar refractivity (Wildman–Crippen MR) is 92.3 cm³/mol. The zero-order chi connectivity index (χ0) is 16.7. The summed E-state index contributed by atoms with van der Waals surface area (Å²) in [6, 6.07) is 13.1. The van der Waals surface area contributed by atoms with Crippen LogP contribution in [0.15, 0.2) is 42.5 Å². The number of aryl methyl sites for hydroxylation is 2. The number of amides is 1. The van der Waals surface area contributed by atoms with Gasteiger partial charge < -0.3 is 14.8 Å². The average molecular weight is 313 g/mol. The Morgan fingerprint density at radius 1 is 1.00 bits per heavy atom. The molecule has 0 aliphatic rings. The average Bonchev–Trinajstić information content (AvgIpc) is 2.54. The fourth-order valence-corrected chi connectivity index (χ4v) is 2.03. The number of ether oxygens (including phenoxy) is 2. The van der Waals surface area contributed by atoms with Crippen molar-refractivity contribution in [2.24, 2.45) is 0 Å². The molecule has 0 radical (unpaired) electrons. The zero-order valence-corrected chi connectivity index (χ0v) is 13.9. The number of carbonyl (C=O) groups is 1. The van der Waals surface area contributed by atoms with Gasteiger partial charge >= 0.3 is 0 Å². The summed E-state index contributed by atoms with van der Waals surface area (Å²) in [6.45, 7) is 6.75. The normalized spacial score (nSPS) is 10.2. The molecule has 2 aromatic rings. The SMILES string of the molecule is CCCOc1cccc(NC(=O)COc2ccc(C)c(C)c2)c1. The van der Waals surface area contributed by atoms with Crippen molar-refractivity contribution in [1.82, 2.24) is 0 Å². The van der Waals surface area contributed by atoms with Crippen molar-refractivity contribution in [3.05, 3.63) is 53.6 Å². The number of hydrogen-bond acceptors (Lipinski definition) is 3. The molecule has 0 aliphatic heterocycles. The van der Waals surface area contributed by atoms with Gasteiger partial charge in [-0.2, -0.15) is 0 Å². The Labute approximate surface area is 137 Å². The van der Waals surface area contributed by atoms with Crippen molar-refractivity contribution in [1.29, 1.82) is 0 Å². The van der Waals surface area contributed by atoms with E-state index in [0.29, 0.717) is 18.0 Å². The number of carbonyl (C=O) groups excluding carboxylic acids is 1. The summed E-state index contributed by atoms with van der Waals surface area (Å²) >= 11 is 0.